The van der Waals surface area contributed by atoms with Gasteiger partial charge in [-0.2, -0.15) is 5.10 Å². The summed E-state index contributed by atoms with van der Waals surface area (Å²) in [4.78, 5) is 27.6. The molecule has 0 spiro atoms. The van der Waals surface area contributed by atoms with Crippen LogP contribution >= 0.6 is 0 Å². The minimum absolute atomic E-state index is 0.0357. The standard InChI is InChI=1S/C17H26N6O3/c1-18-17(25)19-5-3-16(24)23-7-4-14-13(12-23)11-15(21-20-14)22-6-2-9-26-10-8-22/h11H,2-10,12H2,1H3,(H2,18,19,25). The molecule has 0 saturated carbocycles. The highest BCUT2D eigenvalue weighted by molar-refractivity contribution is 5.78. The van der Waals surface area contributed by atoms with Gasteiger partial charge in [-0.05, 0) is 18.1 Å². The van der Waals surface area contributed by atoms with E-state index in [-0.39, 0.29) is 18.4 Å². The van der Waals surface area contributed by atoms with Crippen molar-refractivity contribution < 1.29 is 14.3 Å². The van der Waals surface area contributed by atoms with Crippen LogP contribution < -0.4 is 15.5 Å². The summed E-state index contributed by atoms with van der Waals surface area (Å²) in [6.45, 7) is 4.69. The molecule has 2 N–H and O–H groups in total. The number of hydrogen-bond acceptors (Lipinski definition) is 6. The summed E-state index contributed by atoms with van der Waals surface area (Å²) < 4.78 is 5.49. The van der Waals surface area contributed by atoms with Crippen molar-refractivity contribution in [2.45, 2.75) is 25.8 Å². The number of fused-ring (bicyclic) bond motifs is 1. The first kappa shape index (κ1) is 18.4. The Hall–Kier alpha value is -2.42. The van der Waals surface area contributed by atoms with Crippen molar-refractivity contribution in [2.75, 3.05) is 51.3 Å². The molecule has 3 amide bonds. The van der Waals surface area contributed by atoms with Gasteiger partial charge in [0, 0.05) is 59.2 Å². The number of carbonyl (C=O) groups excluding carboxylic acids is 2. The average molecular weight is 362 g/mol. The molecule has 9 heteroatoms. The van der Waals surface area contributed by atoms with Crippen LogP contribution in [0.3, 0.4) is 0 Å². The fourth-order valence-corrected chi connectivity index (χ4v) is 3.19. The lowest BCUT2D eigenvalue weighted by molar-refractivity contribution is -0.132. The van der Waals surface area contributed by atoms with E-state index in [0.717, 1.165) is 43.2 Å². The van der Waals surface area contributed by atoms with Crippen LogP contribution in [0.4, 0.5) is 10.6 Å². The van der Waals surface area contributed by atoms with Gasteiger partial charge in [0.25, 0.3) is 0 Å². The Morgan fingerprint density at radius 1 is 1.23 bits per heavy atom. The van der Waals surface area contributed by atoms with Crippen molar-refractivity contribution in [1.29, 1.82) is 0 Å². The highest BCUT2D eigenvalue weighted by atomic mass is 16.5. The largest absolute Gasteiger partial charge is 0.380 e. The maximum Gasteiger partial charge on any atom is 0.314 e. The number of anilines is 1. The van der Waals surface area contributed by atoms with Gasteiger partial charge in [-0.1, -0.05) is 0 Å². The van der Waals surface area contributed by atoms with Crippen molar-refractivity contribution in [3.05, 3.63) is 17.3 Å². The van der Waals surface area contributed by atoms with E-state index in [1.807, 2.05) is 4.90 Å². The number of amides is 3. The van der Waals surface area contributed by atoms with Crippen molar-refractivity contribution in [3.63, 3.8) is 0 Å². The van der Waals surface area contributed by atoms with Crippen LogP contribution in [0.5, 0.6) is 0 Å². The molecule has 9 nitrogen and oxygen atoms in total. The first-order chi connectivity index (χ1) is 12.7. The van der Waals surface area contributed by atoms with Crippen LogP contribution in [0.2, 0.25) is 0 Å². The molecule has 0 unspecified atom stereocenters. The lowest BCUT2D eigenvalue weighted by atomic mass is 10.1. The van der Waals surface area contributed by atoms with Gasteiger partial charge < -0.3 is 25.2 Å². The number of urea groups is 1. The second-order valence-corrected chi connectivity index (χ2v) is 6.45. The molecule has 2 aliphatic heterocycles. The first-order valence-corrected chi connectivity index (χ1v) is 9.09. The maximum atomic E-state index is 12.4. The van der Waals surface area contributed by atoms with Gasteiger partial charge in [0.2, 0.25) is 5.91 Å². The van der Waals surface area contributed by atoms with Gasteiger partial charge in [0.1, 0.15) is 0 Å². The van der Waals surface area contributed by atoms with Crippen LogP contribution in [-0.4, -0.2) is 73.5 Å². The second-order valence-electron chi connectivity index (χ2n) is 6.45. The Kier molecular flexibility index (Phi) is 6.21. The van der Waals surface area contributed by atoms with Crippen molar-refractivity contribution in [1.82, 2.24) is 25.7 Å². The predicted octanol–water partition coefficient (Wildman–Crippen LogP) is -0.0929. The average Bonchev–Trinajstić information content (AvgIpc) is 2.96. The molecule has 1 aromatic heterocycles. The molecule has 142 valence electrons. The van der Waals surface area contributed by atoms with E-state index in [0.29, 0.717) is 32.7 Å². The summed E-state index contributed by atoms with van der Waals surface area (Å²) in [6, 6.07) is 1.78. The van der Waals surface area contributed by atoms with E-state index in [2.05, 4.69) is 31.8 Å². The molecule has 3 heterocycles. The fraction of sp³-hybridized carbons (Fsp3) is 0.647. The maximum absolute atomic E-state index is 12.4. The number of hydrogen-bond donors (Lipinski definition) is 2. The van der Waals surface area contributed by atoms with Gasteiger partial charge in [-0.15, -0.1) is 5.10 Å². The van der Waals surface area contributed by atoms with E-state index >= 15 is 0 Å². The third-order valence-corrected chi connectivity index (χ3v) is 4.68. The van der Waals surface area contributed by atoms with Gasteiger partial charge in [-0.25, -0.2) is 4.79 Å². The molecule has 0 atom stereocenters. The summed E-state index contributed by atoms with van der Waals surface area (Å²) in [5.74, 6) is 0.887. The van der Waals surface area contributed by atoms with Crippen LogP contribution in [0.25, 0.3) is 0 Å². The fourth-order valence-electron chi connectivity index (χ4n) is 3.19. The highest BCUT2D eigenvalue weighted by Gasteiger charge is 2.23. The van der Waals surface area contributed by atoms with Crippen LogP contribution in [-0.2, 0) is 22.5 Å². The highest BCUT2D eigenvalue weighted by Crippen LogP contribution is 2.22. The van der Waals surface area contributed by atoms with Gasteiger partial charge in [0.05, 0.1) is 12.3 Å². The quantitative estimate of drug-likeness (QED) is 0.776. The van der Waals surface area contributed by atoms with E-state index in [9.17, 15) is 9.59 Å². The van der Waals surface area contributed by atoms with Crippen LogP contribution in [0, 0.1) is 0 Å². The molecule has 0 aliphatic carbocycles. The smallest absolute Gasteiger partial charge is 0.314 e. The Labute approximate surface area is 153 Å². The SMILES string of the molecule is CNC(=O)NCCC(=O)N1CCc2nnc(N3CCCOCC3)cc2C1. The molecular weight excluding hydrogens is 336 g/mol. The van der Waals surface area contributed by atoms with Gasteiger partial charge in [-0.3, -0.25) is 4.79 Å². The van der Waals surface area contributed by atoms with Crippen LogP contribution in [0.1, 0.15) is 24.1 Å². The number of nitrogens with zero attached hydrogens (tertiary/aromatic N) is 4. The molecule has 2 aliphatic rings. The molecule has 0 radical (unpaired) electrons. The Morgan fingerprint density at radius 2 is 2.12 bits per heavy atom. The number of rotatable bonds is 4. The zero-order valence-electron chi connectivity index (χ0n) is 15.2. The van der Waals surface area contributed by atoms with E-state index in [4.69, 9.17) is 4.74 Å². The topological polar surface area (TPSA) is 99.7 Å². The zero-order chi connectivity index (χ0) is 18.4. The second kappa shape index (κ2) is 8.79. The monoisotopic (exact) mass is 362 g/mol. The molecule has 1 saturated heterocycles. The third-order valence-electron chi connectivity index (χ3n) is 4.68. The summed E-state index contributed by atoms with van der Waals surface area (Å²) in [5, 5.41) is 13.9. The van der Waals surface area contributed by atoms with E-state index in [1.54, 1.807) is 7.05 Å². The first-order valence-electron chi connectivity index (χ1n) is 9.09. The Morgan fingerprint density at radius 3 is 2.96 bits per heavy atom. The Bertz CT molecular complexity index is 645. The van der Waals surface area contributed by atoms with E-state index < -0.39 is 0 Å². The lowest BCUT2D eigenvalue weighted by Crippen LogP contribution is -2.40. The van der Waals surface area contributed by atoms with Crippen molar-refractivity contribution >= 4 is 17.8 Å². The summed E-state index contributed by atoms with van der Waals surface area (Å²) in [7, 11) is 1.55. The van der Waals surface area contributed by atoms with E-state index in [1.165, 1.54) is 0 Å². The molecule has 0 bridgehead atoms. The number of carbonyl (C=O) groups is 2. The molecule has 26 heavy (non-hydrogen) atoms. The van der Waals surface area contributed by atoms with Gasteiger partial charge >= 0.3 is 6.03 Å². The number of aromatic nitrogens is 2. The lowest BCUT2D eigenvalue weighted by Gasteiger charge is -2.29. The molecule has 1 aromatic rings. The zero-order valence-corrected chi connectivity index (χ0v) is 15.2. The summed E-state index contributed by atoms with van der Waals surface area (Å²) >= 11 is 0. The number of ether oxygens (including phenoxy) is 1. The minimum Gasteiger partial charge on any atom is -0.380 e. The normalized spacial score (nSPS) is 17.3. The molecule has 0 aromatic carbocycles. The predicted molar refractivity (Wildman–Crippen MR) is 95.9 cm³/mol. The van der Waals surface area contributed by atoms with Crippen LogP contribution in [0.15, 0.2) is 6.07 Å². The van der Waals surface area contributed by atoms with Crippen molar-refractivity contribution in [3.8, 4) is 0 Å². The summed E-state index contributed by atoms with van der Waals surface area (Å²) in [6.07, 6.45) is 1.97. The Balaban J connectivity index is 1.60. The number of nitrogens with one attached hydrogen (secondary N) is 2. The van der Waals surface area contributed by atoms with Gasteiger partial charge in [0.15, 0.2) is 5.82 Å². The molecule has 1 fully saturated rings. The molecule has 3 rings (SSSR count). The summed E-state index contributed by atoms with van der Waals surface area (Å²) in [5.41, 5.74) is 2.02. The third kappa shape index (κ3) is 4.60. The van der Waals surface area contributed by atoms with Crippen molar-refractivity contribution in [2.24, 2.45) is 0 Å². The minimum atomic E-state index is -0.275. The molecular formula is C17H26N6O3.